The number of piperidine rings is 1. The van der Waals surface area contributed by atoms with Gasteiger partial charge in [0.1, 0.15) is 17.6 Å². The molecule has 202 valence electrons. The first kappa shape index (κ1) is 27.4. The summed E-state index contributed by atoms with van der Waals surface area (Å²) in [5.41, 5.74) is 1.52. The standard InChI is InChI=1S/C29H34N2O6S/c1-3-4-5-6-22-7-11-24(12-8-22)37-29(33)30-18-15-25(16-19-30)36-26-17-20-31(28(32)21-26)23-9-13-27(14-10-23)38(2,34)35/h7-14,17,20-21,25H,3-6,15-16,18-19H2,1-2H3. The monoisotopic (exact) mass is 538 g/mol. The minimum Gasteiger partial charge on any atom is -0.490 e. The van der Waals surface area contributed by atoms with E-state index in [4.69, 9.17) is 9.47 Å². The first-order valence-electron chi connectivity index (χ1n) is 13.0. The van der Waals surface area contributed by atoms with E-state index in [2.05, 4.69) is 6.92 Å². The third kappa shape index (κ3) is 7.25. The first-order chi connectivity index (χ1) is 18.2. The smallest absolute Gasteiger partial charge is 0.415 e. The number of hydrogen-bond acceptors (Lipinski definition) is 6. The fourth-order valence-corrected chi connectivity index (χ4v) is 5.05. The molecule has 3 aromatic rings. The molecular formula is C29H34N2O6S. The van der Waals surface area contributed by atoms with Crippen molar-refractivity contribution in [1.29, 1.82) is 0 Å². The van der Waals surface area contributed by atoms with Gasteiger partial charge in [-0.2, -0.15) is 0 Å². The summed E-state index contributed by atoms with van der Waals surface area (Å²) >= 11 is 0. The Hall–Kier alpha value is -3.59. The molecule has 0 saturated carbocycles. The Morgan fingerprint density at radius 3 is 2.24 bits per heavy atom. The molecule has 4 rings (SSSR count). The summed E-state index contributed by atoms with van der Waals surface area (Å²) in [5, 5.41) is 0. The van der Waals surface area contributed by atoms with Crippen LogP contribution in [0.2, 0.25) is 0 Å². The van der Waals surface area contributed by atoms with Gasteiger partial charge in [0.05, 0.1) is 4.90 Å². The van der Waals surface area contributed by atoms with E-state index in [0.29, 0.717) is 43.1 Å². The van der Waals surface area contributed by atoms with Gasteiger partial charge in [-0.15, -0.1) is 0 Å². The highest BCUT2D eigenvalue weighted by atomic mass is 32.2. The Balaban J connectivity index is 1.27. The molecule has 2 aromatic carbocycles. The Morgan fingerprint density at radius 2 is 1.63 bits per heavy atom. The molecule has 1 amide bonds. The van der Waals surface area contributed by atoms with Crippen LogP contribution in [0.4, 0.5) is 4.79 Å². The van der Waals surface area contributed by atoms with Crippen LogP contribution in [0.3, 0.4) is 0 Å². The average Bonchev–Trinajstić information content (AvgIpc) is 2.90. The maximum absolute atomic E-state index is 12.7. The normalized spacial score (nSPS) is 14.3. The molecule has 0 bridgehead atoms. The van der Waals surface area contributed by atoms with Crippen LogP contribution in [0, 0.1) is 0 Å². The first-order valence-corrected chi connectivity index (χ1v) is 14.9. The topological polar surface area (TPSA) is 94.9 Å². The summed E-state index contributed by atoms with van der Waals surface area (Å²) in [6, 6.07) is 17.0. The minimum absolute atomic E-state index is 0.120. The number of carbonyl (C=O) groups excluding carboxylic acids is 1. The second-order valence-corrected chi connectivity index (χ2v) is 11.6. The van der Waals surface area contributed by atoms with E-state index in [1.165, 1.54) is 41.2 Å². The predicted molar refractivity (Wildman–Crippen MR) is 146 cm³/mol. The minimum atomic E-state index is -3.31. The van der Waals surface area contributed by atoms with Gasteiger partial charge < -0.3 is 14.4 Å². The van der Waals surface area contributed by atoms with Crippen molar-refractivity contribution in [3.8, 4) is 17.2 Å². The van der Waals surface area contributed by atoms with E-state index in [1.807, 2.05) is 24.3 Å². The molecule has 0 atom stereocenters. The van der Waals surface area contributed by atoms with Crippen LogP contribution in [-0.2, 0) is 16.3 Å². The highest BCUT2D eigenvalue weighted by molar-refractivity contribution is 7.90. The number of amides is 1. The third-order valence-corrected chi connectivity index (χ3v) is 7.76. The zero-order valence-corrected chi connectivity index (χ0v) is 22.7. The lowest BCUT2D eigenvalue weighted by Gasteiger charge is -2.31. The van der Waals surface area contributed by atoms with Gasteiger partial charge in [0, 0.05) is 50.1 Å². The van der Waals surface area contributed by atoms with E-state index in [1.54, 1.807) is 29.3 Å². The molecule has 1 aliphatic heterocycles. The summed E-state index contributed by atoms with van der Waals surface area (Å²) in [6.07, 6.45) is 8.10. The molecule has 1 aromatic heterocycles. The number of aryl methyl sites for hydroxylation is 1. The average molecular weight is 539 g/mol. The molecule has 1 fully saturated rings. The van der Waals surface area contributed by atoms with Crippen molar-refractivity contribution >= 4 is 15.9 Å². The number of ether oxygens (including phenoxy) is 2. The Bertz CT molecular complexity index is 1390. The van der Waals surface area contributed by atoms with E-state index < -0.39 is 9.84 Å². The van der Waals surface area contributed by atoms with Crippen LogP contribution in [0.25, 0.3) is 5.69 Å². The number of hydrogen-bond donors (Lipinski definition) is 0. The lowest BCUT2D eigenvalue weighted by molar-refractivity contribution is 0.0929. The lowest BCUT2D eigenvalue weighted by Crippen LogP contribution is -2.43. The molecule has 8 nitrogen and oxygen atoms in total. The van der Waals surface area contributed by atoms with Crippen LogP contribution in [0.1, 0.15) is 44.6 Å². The van der Waals surface area contributed by atoms with Crippen molar-refractivity contribution in [2.45, 2.75) is 56.4 Å². The molecule has 2 heterocycles. The van der Waals surface area contributed by atoms with Crippen LogP contribution in [0.15, 0.2) is 76.6 Å². The van der Waals surface area contributed by atoms with Gasteiger partial charge in [0.25, 0.3) is 5.56 Å². The fraction of sp³-hybridized carbons (Fsp3) is 0.379. The van der Waals surface area contributed by atoms with Gasteiger partial charge in [-0.1, -0.05) is 31.9 Å². The largest absolute Gasteiger partial charge is 0.490 e. The van der Waals surface area contributed by atoms with Gasteiger partial charge in [0.15, 0.2) is 9.84 Å². The summed E-state index contributed by atoms with van der Waals surface area (Å²) in [6.45, 7) is 3.19. The van der Waals surface area contributed by atoms with E-state index in [-0.39, 0.29) is 22.7 Å². The molecule has 1 saturated heterocycles. The fourth-order valence-electron chi connectivity index (χ4n) is 4.42. The molecule has 0 aliphatic carbocycles. The second kappa shape index (κ2) is 12.3. The zero-order valence-electron chi connectivity index (χ0n) is 21.8. The molecule has 0 N–H and O–H groups in total. The van der Waals surface area contributed by atoms with Crippen molar-refractivity contribution in [1.82, 2.24) is 9.47 Å². The predicted octanol–water partition coefficient (Wildman–Crippen LogP) is 5.02. The van der Waals surface area contributed by atoms with E-state index in [0.717, 1.165) is 19.1 Å². The number of unbranched alkanes of at least 4 members (excludes halogenated alkanes) is 2. The number of rotatable bonds is 9. The second-order valence-electron chi connectivity index (χ2n) is 9.61. The maximum Gasteiger partial charge on any atom is 0.415 e. The molecular weight excluding hydrogens is 504 g/mol. The quantitative estimate of drug-likeness (QED) is 0.355. The summed E-state index contributed by atoms with van der Waals surface area (Å²) in [7, 11) is -3.31. The highest BCUT2D eigenvalue weighted by Gasteiger charge is 2.25. The number of likely N-dealkylation sites (tertiary alicyclic amines) is 1. The van der Waals surface area contributed by atoms with Crippen LogP contribution in [-0.4, -0.2) is 49.4 Å². The number of carbonyl (C=O) groups is 1. The Kier molecular flexibility index (Phi) is 8.89. The zero-order chi connectivity index (χ0) is 27.1. The van der Waals surface area contributed by atoms with Gasteiger partial charge in [-0.25, -0.2) is 13.2 Å². The molecule has 1 aliphatic rings. The van der Waals surface area contributed by atoms with E-state index >= 15 is 0 Å². The third-order valence-electron chi connectivity index (χ3n) is 6.63. The van der Waals surface area contributed by atoms with Crippen molar-refractivity contribution < 1.29 is 22.7 Å². The van der Waals surface area contributed by atoms with Crippen molar-refractivity contribution in [3.63, 3.8) is 0 Å². The number of aromatic nitrogens is 1. The molecule has 0 radical (unpaired) electrons. The van der Waals surface area contributed by atoms with Crippen LogP contribution >= 0.6 is 0 Å². The maximum atomic E-state index is 12.7. The van der Waals surface area contributed by atoms with Gasteiger partial charge in [0.2, 0.25) is 0 Å². The summed E-state index contributed by atoms with van der Waals surface area (Å²) in [5.74, 6) is 0.998. The van der Waals surface area contributed by atoms with Crippen molar-refractivity contribution in [2.24, 2.45) is 0 Å². The van der Waals surface area contributed by atoms with E-state index in [9.17, 15) is 18.0 Å². The SMILES string of the molecule is CCCCCc1ccc(OC(=O)N2CCC(Oc3ccn(-c4ccc(S(C)(=O)=O)cc4)c(=O)c3)CC2)cc1. The van der Waals surface area contributed by atoms with Crippen molar-refractivity contribution in [2.75, 3.05) is 19.3 Å². The highest BCUT2D eigenvalue weighted by Crippen LogP contribution is 2.21. The molecule has 38 heavy (non-hydrogen) atoms. The van der Waals surface area contributed by atoms with Crippen LogP contribution in [0.5, 0.6) is 11.5 Å². The molecule has 9 heteroatoms. The summed E-state index contributed by atoms with van der Waals surface area (Å²) in [4.78, 5) is 27.1. The number of sulfone groups is 1. The number of benzene rings is 2. The number of pyridine rings is 1. The summed E-state index contributed by atoms with van der Waals surface area (Å²) < 4.78 is 36.3. The van der Waals surface area contributed by atoms with Crippen molar-refractivity contribution in [3.05, 3.63) is 82.8 Å². The Labute approximate surface area is 223 Å². The molecule has 0 unspecified atom stereocenters. The Morgan fingerprint density at radius 1 is 0.947 bits per heavy atom. The number of nitrogens with zero attached hydrogens (tertiary/aromatic N) is 2. The van der Waals surface area contributed by atoms with Crippen LogP contribution < -0.4 is 15.0 Å². The van der Waals surface area contributed by atoms with Gasteiger partial charge >= 0.3 is 6.09 Å². The molecule has 0 spiro atoms. The van der Waals surface area contributed by atoms with Gasteiger partial charge in [-0.05, 0) is 60.9 Å². The lowest BCUT2D eigenvalue weighted by atomic mass is 10.1. The van der Waals surface area contributed by atoms with Gasteiger partial charge in [-0.3, -0.25) is 9.36 Å².